The average molecular weight is 270 g/mol. The number of hydrogen-bond acceptors (Lipinski definition) is 0. The molecule has 0 aromatic heterocycles. The Morgan fingerprint density at radius 3 is 2.65 bits per heavy atom. The topological polar surface area (TPSA) is 0 Å². The second-order valence-corrected chi connectivity index (χ2v) is 7.31. The Morgan fingerprint density at radius 2 is 2.05 bits per heavy atom. The molecule has 2 rings (SSSR count). The van der Waals surface area contributed by atoms with Crippen molar-refractivity contribution in [3.05, 3.63) is 48.6 Å². The lowest BCUT2D eigenvalue weighted by Crippen LogP contribution is -2.31. The van der Waals surface area contributed by atoms with Crippen LogP contribution in [0.3, 0.4) is 0 Å². The van der Waals surface area contributed by atoms with Gasteiger partial charge in [-0.25, -0.2) is 0 Å². The van der Waals surface area contributed by atoms with Crippen molar-refractivity contribution in [1.82, 2.24) is 0 Å². The van der Waals surface area contributed by atoms with Crippen LogP contribution in [0.1, 0.15) is 47.0 Å². The summed E-state index contributed by atoms with van der Waals surface area (Å²) >= 11 is 0. The fraction of sp³-hybridized carbons (Fsp3) is 0.600. The first kappa shape index (κ1) is 15.4. The maximum atomic E-state index is 4.47. The molecule has 0 amide bonds. The van der Waals surface area contributed by atoms with Crippen LogP contribution in [0.15, 0.2) is 48.6 Å². The van der Waals surface area contributed by atoms with Gasteiger partial charge in [0.05, 0.1) is 0 Å². The Hall–Kier alpha value is -1.04. The van der Waals surface area contributed by atoms with Crippen molar-refractivity contribution in [3.63, 3.8) is 0 Å². The molecule has 1 saturated carbocycles. The number of fused-ring (bicyclic) bond motifs is 1. The molecule has 0 heterocycles. The van der Waals surface area contributed by atoms with E-state index in [4.69, 9.17) is 0 Å². The van der Waals surface area contributed by atoms with Gasteiger partial charge in [-0.3, -0.25) is 0 Å². The molecule has 0 saturated heterocycles. The molecule has 1 fully saturated rings. The van der Waals surface area contributed by atoms with Crippen LogP contribution in [0, 0.1) is 29.1 Å². The summed E-state index contributed by atoms with van der Waals surface area (Å²) in [6.45, 7) is 22.2. The van der Waals surface area contributed by atoms with Gasteiger partial charge in [-0.2, -0.15) is 0 Å². The summed E-state index contributed by atoms with van der Waals surface area (Å²) in [4.78, 5) is 0. The van der Waals surface area contributed by atoms with Gasteiger partial charge in [0.15, 0.2) is 0 Å². The Labute approximate surface area is 125 Å². The zero-order valence-corrected chi connectivity index (χ0v) is 13.7. The van der Waals surface area contributed by atoms with E-state index in [1.54, 1.807) is 5.57 Å². The van der Waals surface area contributed by atoms with Gasteiger partial charge in [-0.1, -0.05) is 62.8 Å². The summed E-state index contributed by atoms with van der Waals surface area (Å²) in [6, 6.07) is 0. The summed E-state index contributed by atoms with van der Waals surface area (Å²) in [5.41, 5.74) is 4.56. The van der Waals surface area contributed by atoms with Crippen LogP contribution in [0.2, 0.25) is 0 Å². The summed E-state index contributed by atoms with van der Waals surface area (Å²) < 4.78 is 0. The van der Waals surface area contributed by atoms with Crippen molar-refractivity contribution in [3.8, 4) is 0 Å². The van der Waals surface area contributed by atoms with E-state index in [9.17, 15) is 0 Å². The normalized spacial score (nSPS) is 40.8. The minimum Gasteiger partial charge on any atom is -0.103 e. The van der Waals surface area contributed by atoms with Crippen LogP contribution < -0.4 is 0 Å². The third kappa shape index (κ3) is 2.24. The smallest absolute Gasteiger partial charge is 0.00230 e. The molecular weight excluding hydrogens is 240 g/mol. The van der Waals surface area contributed by atoms with Crippen molar-refractivity contribution in [2.75, 3.05) is 0 Å². The summed E-state index contributed by atoms with van der Waals surface area (Å²) in [5.74, 6) is 2.53. The first-order valence-electron chi connectivity index (χ1n) is 7.98. The molecule has 0 aromatic carbocycles. The van der Waals surface area contributed by atoms with Gasteiger partial charge in [0.1, 0.15) is 0 Å². The molecule has 110 valence electrons. The maximum Gasteiger partial charge on any atom is 0.00230 e. The molecule has 0 aliphatic heterocycles. The van der Waals surface area contributed by atoms with E-state index in [2.05, 4.69) is 53.5 Å². The molecule has 0 bridgehead atoms. The minimum atomic E-state index is 0.218. The van der Waals surface area contributed by atoms with Crippen LogP contribution in [0.4, 0.5) is 0 Å². The predicted molar refractivity (Wildman–Crippen MR) is 89.5 cm³/mol. The zero-order valence-electron chi connectivity index (χ0n) is 13.7. The van der Waals surface area contributed by atoms with Gasteiger partial charge in [-0.15, -0.1) is 6.58 Å². The second-order valence-electron chi connectivity index (χ2n) is 7.31. The monoisotopic (exact) mass is 270 g/mol. The van der Waals surface area contributed by atoms with E-state index in [0.717, 1.165) is 12.8 Å². The van der Waals surface area contributed by atoms with E-state index >= 15 is 0 Å². The van der Waals surface area contributed by atoms with E-state index < -0.39 is 0 Å². The SMILES string of the molecule is C=CCC(=C)C12CC(=C)C(C)C1C(C)=CC(C)C(C)C2. The van der Waals surface area contributed by atoms with Gasteiger partial charge >= 0.3 is 0 Å². The fourth-order valence-corrected chi connectivity index (χ4v) is 4.73. The Kier molecular flexibility index (Phi) is 4.14. The molecule has 5 atom stereocenters. The van der Waals surface area contributed by atoms with Crippen molar-refractivity contribution >= 4 is 0 Å². The second kappa shape index (κ2) is 5.39. The minimum absolute atomic E-state index is 0.218. The molecule has 2 aliphatic carbocycles. The highest BCUT2D eigenvalue weighted by Gasteiger charge is 2.52. The Balaban J connectivity index is 2.53. The molecular formula is C20H30. The van der Waals surface area contributed by atoms with Crippen molar-refractivity contribution < 1.29 is 0 Å². The average Bonchev–Trinajstić information content (AvgIpc) is 2.56. The molecule has 0 radical (unpaired) electrons. The zero-order chi connectivity index (χ0) is 15.1. The lowest BCUT2D eigenvalue weighted by atomic mass is 9.64. The van der Waals surface area contributed by atoms with Crippen molar-refractivity contribution in [2.24, 2.45) is 29.1 Å². The Morgan fingerprint density at radius 1 is 1.40 bits per heavy atom. The molecule has 2 aliphatic rings. The van der Waals surface area contributed by atoms with E-state index in [-0.39, 0.29) is 5.41 Å². The van der Waals surface area contributed by atoms with Gasteiger partial charge < -0.3 is 0 Å². The molecule has 5 unspecified atom stereocenters. The number of rotatable bonds is 3. The van der Waals surface area contributed by atoms with Crippen LogP contribution in [-0.2, 0) is 0 Å². The largest absolute Gasteiger partial charge is 0.103 e. The summed E-state index contributed by atoms with van der Waals surface area (Å²) in [7, 11) is 0. The fourth-order valence-electron chi connectivity index (χ4n) is 4.73. The highest BCUT2D eigenvalue weighted by Crippen LogP contribution is 2.61. The quantitative estimate of drug-likeness (QED) is 0.557. The lowest BCUT2D eigenvalue weighted by molar-refractivity contribution is 0.200. The summed E-state index contributed by atoms with van der Waals surface area (Å²) in [5, 5.41) is 0. The van der Waals surface area contributed by atoms with E-state index in [1.807, 2.05) is 6.08 Å². The van der Waals surface area contributed by atoms with E-state index in [0.29, 0.717) is 23.7 Å². The third-order valence-electron chi connectivity index (χ3n) is 5.98. The molecule has 0 spiro atoms. The first-order valence-corrected chi connectivity index (χ1v) is 7.98. The van der Waals surface area contributed by atoms with Crippen LogP contribution in [0.5, 0.6) is 0 Å². The van der Waals surface area contributed by atoms with Gasteiger partial charge in [0.2, 0.25) is 0 Å². The van der Waals surface area contributed by atoms with Gasteiger partial charge in [-0.05, 0) is 49.9 Å². The highest BCUT2D eigenvalue weighted by atomic mass is 14.6. The predicted octanol–water partition coefficient (Wildman–Crippen LogP) is 5.94. The van der Waals surface area contributed by atoms with Crippen molar-refractivity contribution in [2.45, 2.75) is 47.0 Å². The lowest BCUT2D eigenvalue weighted by Gasteiger charge is -2.40. The maximum absolute atomic E-state index is 4.47. The number of allylic oxidation sites excluding steroid dienone is 5. The van der Waals surface area contributed by atoms with Crippen LogP contribution >= 0.6 is 0 Å². The molecule has 0 N–H and O–H groups in total. The summed E-state index contributed by atoms with van der Waals surface area (Å²) in [6.07, 6.45) is 7.81. The molecule has 0 nitrogen and oxygen atoms in total. The standard InChI is InChI=1S/C20H30/c1-8-9-17(6)20-11-15(4)13(2)10-14(3)19(20)18(7)16(5)12-20/h8,10,13,15,18-19H,1,5-6,9,11-12H2,2-4,7H3. The first-order chi connectivity index (χ1) is 9.33. The van der Waals surface area contributed by atoms with Gasteiger partial charge in [0, 0.05) is 5.41 Å². The van der Waals surface area contributed by atoms with Crippen LogP contribution in [0.25, 0.3) is 0 Å². The molecule has 0 aromatic rings. The van der Waals surface area contributed by atoms with Crippen molar-refractivity contribution in [1.29, 1.82) is 0 Å². The van der Waals surface area contributed by atoms with Gasteiger partial charge in [0.25, 0.3) is 0 Å². The number of hydrogen-bond donors (Lipinski definition) is 0. The van der Waals surface area contributed by atoms with E-state index in [1.165, 1.54) is 17.6 Å². The Bertz CT molecular complexity index is 464. The molecule has 20 heavy (non-hydrogen) atoms. The van der Waals surface area contributed by atoms with Crippen LogP contribution in [-0.4, -0.2) is 0 Å². The third-order valence-corrected chi connectivity index (χ3v) is 5.98. The highest BCUT2D eigenvalue weighted by molar-refractivity contribution is 5.35. The molecule has 0 heteroatoms.